The predicted octanol–water partition coefficient (Wildman–Crippen LogP) is 3.71. The zero-order chi connectivity index (χ0) is 19.1. The molecule has 0 radical (unpaired) electrons. The van der Waals surface area contributed by atoms with Crippen LogP contribution in [-0.4, -0.2) is 36.7 Å². The number of esters is 1. The summed E-state index contributed by atoms with van der Waals surface area (Å²) in [7, 11) is 0. The molecule has 0 saturated carbocycles. The number of aromatic nitrogens is 1. The number of benzene rings is 1. The highest BCUT2D eigenvalue weighted by atomic mass is 32.1. The van der Waals surface area contributed by atoms with Crippen molar-refractivity contribution in [1.29, 1.82) is 0 Å². The predicted molar refractivity (Wildman–Crippen MR) is 108 cm³/mol. The number of hydrogen-bond donors (Lipinski definition) is 3. The lowest BCUT2D eigenvalue weighted by molar-refractivity contribution is 0.0532. The largest absolute Gasteiger partial charge is 0.462 e. The molecule has 140 valence electrons. The van der Waals surface area contributed by atoms with E-state index in [1.165, 1.54) is 11.3 Å². The van der Waals surface area contributed by atoms with Gasteiger partial charge in [-0.05, 0) is 48.7 Å². The summed E-state index contributed by atoms with van der Waals surface area (Å²) in [5.41, 5.74) is 0.658. The first-order valence-corrected chi connectivity index (χ1v) is 9.38. The molecule has 0 aliphatic carbocycles. The smallest absolute Gasteiger partial charge is 0.348 e. The number of pyridine rings is 1. The summed E-state index contributed by atoms with van der Waals surface area (Å²) < 4.78 is 5.98. The van der Waals surface area contributed by atoms with Crippen LogP contribution < -0.4 is 16.0 Å². The van der Waals surface area contributed by atoms with Crippen molar-refractivity contribution in [2.75, 3.05) is 30.3 Å². The van der Waals surface area contributed by atoms with Crippen molar-refractivity contribution in [3.8, 4) is 0 Å². The van der Waals surface area contributed by atoms with E-state index in [-0.39, 0.29) is 12.0 Å². The van der Waals surface area contributed by atoms with Crippen molar-refractivity contribution >= 4 is 44.9 Å². The van der Waals surface area contributed by atoms with Crippen LogP contribution in [-0.2, 0) is 4.74 Å². The second-order valence-corrected chi connectivity index (χ2v) is 6.69. The molecule has 0 aliphatic rings. The SMILES string of the molecule is CCOC(=O)c1cc2cc(NC(=O)NCCNc3ccccn3)ccc2s1. The van der Waals surface area contributed by atoms with Gasteiger partial charge in [-0.2, -0.15) is 0 Å². The molecule has 27 heavy (non-hydrogen) atoms. The van der Waals surface area contributed by atoms with E-state index in [0.29, 0.717) is 30.3 Å². The molecule has 0 spiro atoms. The van der Waals surface area contributed by atoms with Crippen LogP contribution in [0.2, 0.25) is 0 Å². The van der Waals surface area contributed by atoms with Crippen LogP contribution in [0.5, 0.6) is 0 Å². The van der Waals surface area contributed by atoms with E-state index in [4.69, 9.17) is 4.74 Å². The molecular formula is C19H20N4O3S. The van der Waals surface area contributed by atoms with Gasteiger partial charge in [0.2, 0.25) is 0 Å². The molecule has 0 atom stereocenters. The lowest BCUT2D eigenvalue weighted by Gasteiger charge is -2.09. The molecule has 2 amide bonds. The summed E-state index contributed by atoms with van der Waals surface area (Å²) in [5, 5.41) is 9.57. The maximum absolute atomic E-state index is 12.0. The Morgan fingerprint density at radius 1 is 1.15 bits per heavy atom. The van der Waals surface area contributed by atoms with Crippen molar-refractivity contribution in [3.05, 3.63) is 53.5 Å². The Labute approximate surface area is 160 Å². The number of rotatable bonds is 7. The number of nitrogens with one attached hydrogen (secondary N) is 3. The number of carbonyl (C=O) groups excluding carboxylic acids is 2. The second kappa shape index (κ2) is 9.00. The fourth-order valence-corrected chi connectivity index (χ4v) is 3.37. The molecule has 1 aromatic carbocycles. The Morgan fingerprint density at radius 2 is 2.04 bits per heavy atom. The Bertz CT molecular complexity index is 927. The number of hydrogen-bond acceptors (Lipinski definition) is 6. The first kappa shape index (κ1) is 18.7. The fraction of sp³-hybridized carbons (Fsp3) is 0.211. The van der Waals surface area contributed by atoms with Gasteiger partial charge in [-0.1, -0.05) is 6.07 Å². The number of urea groups is 1. The number of carbonyl (C=O) groups is 2. The third kappa shape index (κ3) is 5.18. The van der Waals surface area contributed by atoms with Gasteiger partial charge >= 0.3 is 12.0 Å². The van der Waals surface area contributed by atoms with E-state index in [1.807, 2.05) is 30.3 Å². The third-order valence-electron chi connectivity index (χ3n) is 3.63. The van der Waals surface area contributed by atoms with Crippen LogP contribution >= 0.6 is 11.3 Å². The molecule has 3 N–H and O–H groups in total. The summed E-state index contributed by atoms with van der Waals surface area (Å²) >= 11 is 1.37. The first-order chi connectivity index (χ1) is 13.2. The zero-order valence-corrected chi connectivity index (χ0v) is 15.6. The Hall–Kier alpha value is -3.13. The average molecular weight is 384 g/mol. The molecule has 2 heterocycles. The van der Waals surface area contributed by atoms with Gasteiger partial charge in [0, 0.05) is 29.7 Å². The van der Waals surface area contributed by atoms with E-state index in [2.05, 4.69) is 20.9 Å². The van der Waals surface area contributed by atoms with Crippen molar-refractivity contribution in [2.45, 2.75) is 6.92 Å². The molecule has 0 unspecified atom stereocenters. The minimum atomic E-state index is -0.327. The Balaban J connectivity index is 1.51. The molecule has 8 heteroatoms. The van der Waals surface area contributed by atoms with Crippen LogP contribution in [0.25, 0.3) is 10.1 Å². The second-order valence-electron chi connectivity index (χ2n) is 5.61. The molecule has 0 bridgehead atoms. The molecule has 0 saturated heterocycles. The molecule has 0 aliphatic heterocycles. The van der Waals surface area contributed by atoms with Gasteiger partial charge in [0.1, 0.15) is 10.7 Å². The van der Waals surface area contributed by atoms with E-state index < -0.39 is 0 Å². The number of nitrogens with zero attached hydrogens (tertiary/aromatic N) is 1. The number of fused-ring (bicyclic) bond motifs is 1. The molecule has 3 rings (SSSR count). The quantitative estimate of drug-likeness (QED) is 0.427. The zero-order valence-electron chi connectivity index (χ0n) is 14.8. The third-order valence-corrected chi connectivity index (χ3v) is 4.73. The van der Waals surface area contributed by atoms with Crippen molar-refractivity contribution in [1.82, 2.24) is 10.3 Å². The maximum atomic E-state index is 12.0. The van der Waals surface area contributed by atoms with Crippen LogP contribution in [0.4, 0.5) is 16.3 Å². The number of amides is 2. The minimum absolute atomic E-state index is 0.294. The molecule has 0 fully saturated rings. The van der Waals surface area contributed by atoms with Gasteiger partial charge in [-0.25, -0.2) is 14.6 Å². The average Bonchev–Trinajstić information content (AvgIpc) is 3.10. The lowest BCUT2D eigenvalue weighted by atomic mass is 10.2. The van der Waals surface area contributed by atoms with E-state index in [1.54, 1.807) is 25.3 Å². The molecule has 3 aromatic rings. The van der Waals surface area contributed by atoms with Crippen molar-refractivity contribution in [3.63, 3.8) is 0 Å². The first-order valence-electron chi connectivity index (χ1n) is 8.56. The van der Waals surface area contributed by atoms with Crippen LogP contribution in [0, 0.1) is 0 Å². The topological polar surface area (TPSA) is 92.3 Å². The Kier molecular flexibility index (Phi) is 6.22. The van der Waals surface area contributed by atoms with Crippen molar-refractivity contribution in [2.24, 2.45) is 0 Å². The van der Waals surface area contributed by atoms with Gasteiger partial charge in [0.05, 0.1) is 6.61 Å². The van der Waals surface area contributed by atoms with Gasteiger partial charge in [0.15, 0.2) is 0 Å². The molecule has 7 nitrogen and oxygen atoms in total. The number of anilines is 2. The highest BCUT2D eigenvalue weighted by Crippen LogP contribution is 2.28. The van der Waals surface area contributed by atoms with Gasteiger partial charge in [0.25, 0.3) is 0 Å². The number of ether oxygens (including phenoxy) is 1. The van der Waals surface area contributed by atoms with Crippen LogP contribution in [0.3, 0.4) is 0 Å². The monoisotopic (exact) mass is 384 g/mol. The standard InChI is InChI=1S/C19H20N4O3S/c1-2-26-18(24)16-12-13-11-14(6-7-15(13)27-16)23-19(25)22-10-9-21-17-5-3-4-8-20-17/h3-8,11-12H,2,9-10H2,1H3,(H,20,21)(H2,22,23,25). The summed E-state index contributed by atoms with van der Waals surface area (Å²) in [4.78, 5) is 28.5. The summed E-state index contributed by atoms with van der Waals surface area (Å²) in [6.45, 7) is 3.14. The van der Waals surface area contributed by atoms with Crippen LogP contribution in [0.1, 0.15) is 16.6 Å². The van der Waals surface area contributed by atoms with Gasteiger partial charge in [-0.15, -0.1) is 11.3 Å². The Morgan fingerprint density at radius 3 is 2.81 bits per heavy atom. The van der Waals surface area contributed by atoms with E-state index in [9.17, 15) is 9.59 Å². The van der Waals surface area contributed by atoms with Crippen LogP contribution in [0.15, 0.2) is 48.7 Å². The van der Waals surface area contributed by atoms with E-state index >= 15 is 0 Å². The normalized spacial score (nSPS) is 10.4. The fourth-order valence-electron chi connectivity index (χ4n) is 2.43. The van der Waals surface area contributed by atoms with E-state index in [0.717, 1.165) is 15.9 Å². The summed E-state index contributed by atoms with van der Waals surface area (Å²) in [6.07, 6.45) is 1.70. The van der Waals surface area contributed by atoms with Gasteiger partial charge in [-0.3, -0.25) is 0 Å². The minimum Gasteiger partial charge on any atom is -0.462 e. The highest BCUT2D eigenvalue weighted by Gasteiger charge is 2.11. The molecule has 2 aromatic heterocycles. The van der Waals surface area contributed by atoms with Crippen molar-refractivity contribution < 1.29 is 14.3 Å². The summed E-state index contributed by atoms with van der Waals surface area (Å²) in [6, 6.07) is 12.6. The highest BCUT2D eigenvalue weighted by molar-refractivity contribution is 7.20. The van der Waals surface area contributed by atoms with Gasteiger partial charge < -0.3 is 20.7 Å². The summed E-state index contributed by atoms with van der Waals surface area (Å²) in [5.74, 6) is 0.436. The maximum Gasteiger partial charge on any atom is 0.348 e. The lowest BCUT2D eigenvalue weighted by Crippen LogP contribution is -2.32. The number of thiophene rings is 1. The molecular weight excluding hydrogens is 364 g/mol.